The molecule has 1 fully saturated rings. The third kappa shape index (κ3) is 2.72. The Hall–Kier alpha value is -2.63. The highest BCUT2D eigenvalue weighted by Crippen LogP contribution is 2.31. The van der Waals surface area contributed by atoms with Crippen LogP contribution in [-0.2, 0) is 11.2 Å². The fourth-order valence-corrected chi connectivity index (χ4v) is 3.26. The Labute approximate surface area is 133 Å². The van der Waals surface area contributed by atoms with Gasteiger partial charge in [-0.25, -0.2) is 4.68 Å². The minimum atomic E-state index is -0.108. The molecule has 0 spiro atoms. The number of hydrogen-bond donors (Lipinski definition) is 1. The first kappa shape index (κ1) is 14.0. The van der Waals surface area contributed by atoms with Gasteiger partial charge in [0.15, 0.2) is 5.58 Å². The van der Waals surface area contributed by atoms with Gasteiger partial charge in [0.2, 0.25) is 5.91 Å². The van der Waals surface area contributed by atoms with E-state index in [4.69, 9.17) is 4.52 Å². The van der Waals surface area contributed by atoms with Gasteiger partial charge in [0, 0.05) is 11.5 Å². The van der Waals surface area contributed by atoms with E-state index in [1.54, 1.807) is 6.20 Å². The molecule has 0 saturated heterocycles. The van der Waals surface area contributed by atoms with Gasteiger partial charge in [-0.2, -0.15) is 5.10 Å². The number of hydrogen-bond acceptors (Lipinski definition) is 4. The van der Waals surface area contributed by atoms with Gasteiger partial charge in [0.05, 0.1) is 18.7 Å². The Bertz CT molecular complexity index is 830. The van der Waals surface area contributed by atoms with E-state index in [-0.39, 0.29) is 12.3 Å². The number of anilines is 1. The minimum absolute atomic E-state index is 0.108. The Morgan fingerprint density at radius 3 is 2.96 bits per heavy atom. The topological polar surface area (TPSA) is 73.0 Å². The maximum atomic E-state index is 12.4. The van der Waals surface area contributed by atoms with Crippen LogP contribution in [0.3, 0.4) is 0 Å². The fraction of sp³-hybridized carbons (Fsp3) is 0.353. The summed E-state index contributed by atoms with van der Waals surface area (Å²) in [6, 6.07) is 9.80. The summed E-state index contributed by atoms with van der Waals surface area (Å²) in [5, 5.41) is 12.2. The van der Waals surface area contributed by atoms with Crippen LogP contribution in [0.25, 0.3) is 11.0 Å². The van der Waals surface area contributed by atoms with Gasteiger partial charge in [0.1, 0.15) is 11.5 Å². The number of para-hydroxylation sites is 1. The summed E-state index contributed by atoms with van der Waals surface area (Å²) in [6.45, 7) is 0. The lowest BCUT2D eigenvalue weighted by atomic mass is 10.1. The van der Waals surface area contributed by atoms with Crippen LogP contribution < -0.4 is 5.32 Å². The van der Waals surface area contributed by atoms with Crippen LogP contribution in [0.4, 0.5) is 5.82 Å². The Morgan fingerprint density at radius 1 is 1.26 bits per heavy atom. The predicted octanol–water partition coefficient (Wildman–Crippen LogP) is 3.32. The number of fused-ring (bicyclic) bond motifs is 1. The molecule has 2 heterocycles. The average molecular weight is 310 g/mol. The standard InChI is InChI=1S/C17H18N4O2/c22-17(11-14-13-7-3-4-8-15(13)23-20-14)19-16-9-10-18-21(16)12-5-1-2-6-12/h3-4,7-10,12H,1-2,5-6,11H2,(H,19,22). The number of amides is 1. The van der Waals surface area contributed by atoms with Gasteiger partial charge in [-0.1, -0.05) is 30.1 Å². The van der Waals surface area contributed by atoms with Crippen molar-refractivity contribution in [2.24, 2.45) is 0 Å². The van der Waals surface area contributed by atoms with Crippen LogP contribution in [0.2, 0.25) is 0 Å². The SMILES string of the molecule is O=C(Cc1noc2ccccc12)Nc1ccnn1C1CCCC1. The summed E-state index contributed by atoms with van der Waals surface area (Å²) >= 11 is 0. The Balaban J connectivity index is 1.49. The maximum absolute atomic E-state index is 12.4. The van der Waals surface area contributed by atoms with Crippen molar-refractivity contribution >= 4 is 22.7 Å². The lowest BCUT2D eigenvalue weighted by molar-refractivity contribution is -0.115. The largest absolute Gasteiger partial charge is 0.356 e. The smallest absolute Gasteiger partial charge is 0.231 e. The summed E-state index contributed by atoms with van der Waals surface area (Å²) in [7, 11) is 0. The number of carbonyl (C=O) groups excluding carboxylic acids is 1. The minimum Gasteiger partial charge on any atom is -0.356 e. The quantitative estimate of drug-likeness (QED) is 0.802. The summed E-state index contributed by atoms with van der Waals surface area (Å²) in [4.78, 5) is 12.4. The van der Waals surface area contributed by atoms with Crippen molar-refractivity contribution in [3.63, 3.8) is 0 Å². The van der Waals surface area contributed by atoms with E-state index in [0.29, 0.717) is 17.3 Å². The van der Waals surface area contributed by atoms with E-state index in [1.807, 2.05) is 35.0 Å². The van der Waals surface area contributed by atoms with Crippen LogP contribution >= 0.6 is 0 Å². The highest BCUT2D eigenvalue weighted by atomic mass is 16.5. The normalized spacial score (nSPS) is 15.3. The molecule has 1 saturated carbocycles. The summed E-state index contributed by atoms with van der Waals surface area (Å²) in [6.07, 6.45) is 6.62. The predicted molar refractivity (Wildman–Crippen MR) is 86.1 cm³/mol. The molecule has 0 radical (unpaired) electrons. The van der Waals surface area contributed by atoms with Crippen LogP contribution in [-0.4, -0.2) is 20.8 Å². The van der Waals surface area contributed by atoms with Crippen LogP contribution in [0.5, 0.6) is 0 Å². The molecule has 1 aromatic carbocycles. The second-order valence-electron chi connectivity index (χ2n) is 5.95. The summed E-state index contributed by atoms with van der Waals surface area (Å²) in [5.74, 6) is 0.651. The van der Waals surface area contributed by atoms with Gasteiger partial charge in [-0.05, 0) is 25.0 Å². The third-order valence-corrected chi connectivity index (χ3v) is 4.39. The lowest BCUT2D eigenvalue weighted by Gasteiger charge is -2.14. The van der Waals surface area contributed by atoms with Crippen molar-refractivity contribution in [1.29, 1.82) is 0 Å². The van der Waals surface area contributed by atoms with Crippen molar-refractivity contribution in [2.75, 3.05) is 5.32 Å². The number of nitrogens with zero attached hydrogens (tertiary/aromatic N) is 3. The van der Waals surface area contributed by atoms with E-state index in [0.717, 1.165) is 24.0 Å². The lowest BCUT2D eigenvalue weighted by Crippen LogP contribution is -2.19. The molecular weight excluding hydrogens is 292 g/mol. The van der Waals surface area contributed by atoms with Crippen LogP contribution in [0.15, 0.2) is 41.1 Å². The third-order valence-electron chi connectivity index (χ3n) is 4.39. The fourth-order valence-electron chi connectivity index (χ4n) is 3.26. The zero-order chi connectivity index (χ0) is 15.6. The van der Waals surface area contributed by atoms with Gasteiger partial charge in [-0.15, -0.1) is 0 Å². The molecule has 1 amide bonds. The molecule has 0 atom stereocenters. The van der Waals surface area contributed by atoms with Gasteiger partial charge in [0.25, 0.3) is 0 Å². The van der Waals surface area contributed by atoms with Gasteiger partial charge < -0.3 is 9.84 Å². The molecule has 6 heteroatoms. The highest BCUT2D eigenvalue weighted by Gasteiger charge is 2.21. The molecule has 6 nitrogen and oxygen atoms in total. The zero-order valence-corrected chi connectivity index (χ0v) is 12.7. The zero-order valence-electron chi connectivity index (χ0n) is 12.7. The van der Waals surface area contributed by atoms with E-state index in [2.05, 4.69) is 15.6 Å². The van der Waals surface area contributed by atoms with Crippen molar-refractivity contribution < 1.29 is 9.32 Å². The van der Waals surface area contributed by atoms with Crippen molar-refractivity contribution in [3.05, 3.63) is 42.2 Å². The molecule has 0 aliphatic heterocycles. The molecule has 1 N–H and O–H groups in total. The van der Waals surface area contributed by atoms with Crippen LogP contribution in [0.1, 0.15) is 37.4 Å². The number of carbonyl (C=O) groups is 1. The number of nitrogens with one attached hydrogen (secondary N) is 1. The van der Waals surface area contributed by atoms with E-state index >= 15 is 0 Å². The molecule has 23 heavy (non-hydrogen) atoms. The second kappa shape index (κ2) is 5.87. The molecule has 0 unspecified atom stereocenters. The van der Waals surface area contributed by atoms with E-state index < -0.39 is 0 Å². The molecule has 118 valence electrons. The first-order valence-corrected chi connectivity index (χ1v) is 7.98. The number of aromatic nitrogens is 3. The Kier molecular flexibility index (Phi) is 3.57. The Morgan fingerprint density at radius 2 is 2.09 bits per heavy atom. The highest BCUT2D eigenvalue weighted by molar-refractivity contribution is 5.94. The first-order valence-electron chi connectivity index (χ1n) is 7.98. The van der Waals surface area contributed by atoms with Gasteiger partial charge >= 0.3 is 0 Å². The second-order valence-corrected chi connectivity index (χ2v) is 5.95. The molecular formula is C17H18N4O2. The summed E-state index contributed by atoms with van der Waals surface area (Å²) < 4.78 is 7.18. The molecule has 3 aromatic rings. The van der Waals surface area contributed by atoms with E-state index in [9.17, 15) is 4.79 Å². The monoisotopic (exact) mass is 310 g/mol. The first-order chi connectivity index (χ1) is 11.3. The molecule has 2 aromatic heterocycles. The average Bonchev–Trinajstić information content (AvgIpc) is 3.28. The number of rotatable bonds is 4. The van der Waals surface area contributed by atoms with Crippen molar-refractivity contribution in [3.8, 4) is 0 Å². The summed E-state index contributed by atoms with van der Waals surface area (Å²) in [5.41, 5.74) is 1.36. The molecule has 0 bridgehead atoms. The number of benzene rings is 1. The van der Waals surface area contributed by atoms with Gasteiger partial charge in [-0.3, -0.25) is 4.79 Å². The van der Waals surface area contributed by atoms with Crippen molar-refractivity contribution in [2.45, 2.75) is 38.1 Å². The molecule has 1 aliphatic rings. The maximum Gasteiger partial charge on any atom is 0.231 e. The van der Waals surface area contributed by atoms with E-state index in [1.165, 1.54) is 12.8 Å². The molecule has 1 aliphatic carbocycles. The van der Waals surface area contributed by atoms with Crippen LogP contribution in [0, 0.1) is 0 Å². The molecule has 4 rings (SSSR count). The van der Waals surface area contributed by atoms with Crippen molar-refractivity contribution in [1.82, 2.24) is 14.9 Å².